The summed E-state index contributed by atoms with van der Waals surface area (Å²) < 4.78 is 0. The molecule has 2 heterocycles. The van der Waals surface area contributed by atoms with Crippen LogP contribution in [0.15, 0.2) is 11.2 Å². The van der Waals surface area contributed by atoms with Crippen LogP contribution in [0.5, 0.6) is 0 Å². The van der Waals surface area contributed by atoms with E-state index in [0.29, 0.717) is 11.6 Å². The molecule has 98 valence electrons. The van der Waals surface area contributed by atoms with Crippen LogP contribution in [0.1, 0.15) is 17.8 Å². The molecule has 18 heavy (non-hydrogen) atoms. The second kappa shape index (κ2) is 5.18. The van der Waals surface area contributed by atoms with Gasteiger partial charge in [0.15, 0.2) is 5.84 Å². The number of aryl methyl sites for hydroxylation is 1. The van der Waals surface area contributed by atoms with Crippen LogP contribution < -0.4 is 10.6 Å². The summed E-state index contributed by atoms with van der Waals surface area (Å²) in [6.45, 7) is 3.55. The highest BCUT2D eigenvalue weighted by Gasteiger charge is 2.24. The summed E-state index contributed by atoms with van der Waals surface area (Å²) in [5.41, 5.74) is 6.70. The predicted molar refractivity (Wildman–Crippen MR) is 66.7 cm³/mol. The van der Waals surface area contributed by atoms with Crippen LogP contribution >= 0.6 is 0 Å². The molecule has 0 radical (unpaired) electrons. The quantitative estimate of drug-likeness (QED) is 0.294. The van der Waals surface area contributed by atoms with E-state index in [1.54, 1.807) is 6.07 Å². The average Bonchev–Trinajstić information content (AvgIpc) is 2.85. The number of rotatable bonds is 3. The molecule has 0 aromatic carbocycles. The highest BCUT2D eigenvalue weighted by atomic mass is 16.4. The molecule has 1 unspecified atom stereocenters. The van der Waals surface area contributed by atoms with Crippen molar-refractivity contribution in [2.45, 2.75) is 13.3 Å². The molecule has 2 rings (SSSR count). The number of anilines is 1. The van der Waals surface area contributed by atoms with Crippen LogP contribution in [0, 0.1) is 12.8 Å². The Hall–Kier alpha value is -1.89. The lowest BCUT2D eigenvalue weighted by atomic mass is 10.1. The van der Waals surface area contributed by atoms with Gasteiger partial charge in [0.25, 0.3) is 0 Å². The van der Waals surface area contributed by atoms with E-state index in [2.05, 4.69) is 15.1 Å². The smallest absolute Gasteiger partial charge is 0.226 e. The van der Waals surface area contributed by atoms with Gasteiger partial charge in [-0.25, -0.2) is 9.97 Å². The summed E-state index contributed by atoms with van der Waals surface area (Å²) in [6.07, 6.45) is 0.923. The lowest BCUT2D eigenvalue weighted by molar-refractivity contribution is 0.238. The molecule has 7 nitrogen and oxygen atoms in total. The van der Waals surface area contributed by atoms with E-state index < -0.39 is 0 Å². The van der Waals surface area contributed by atoms with E-state index in [1.165, 1.54) is 0 Å². The Balaban J connectivity index is 2.26. The maximum atomic E-state index is 9.13. The molecule has 1 aliphatic heterocycles. The lowest BCUT2D eigenvalue weighted by Crippen LogP contribution is -2.25. The fourth-order valence-electron chi connectivity index (χ4n) is 2.04. The highest BCUT2D eigenvalue weighted by molar-refractivity contribution is 5.95. The molecular weight excluding hydrogens is 234 g/mol. The van der Waals surface area contributed by atoms with Crippen molar-refractivity contribution in [3.63, 3.8) is 0 Å². The Morgan fingerprint density at radius 3 is 3.00 bits per heavy atom. The molecule has 0 spiro atoms. The number of nitrogens with zero attached hydrogens (tertiary/aromatic N) is 4. The largest absolute Gasteiger partial charge is 0.409 e. The molecular formula is C11H17N5O2. The van der Waals surface area contributed by atoms with Gasteiger partial charge in [0.2, 0.25) is 5.95 Å². The number of aliphatic hydroxyl groups is 1. The van der Waals surface area contributed by atoms with Gasteiger partial charge in [-0.05, 0) is 19.4 Å². The van der Waals surface area contributed by atoms with Crippen LogP contribution in [-0.2, 0) is 0 Å². The van der Waals surface area contributed by atoms with Crippen molar-refractivity contribution in [2.75, 3.05) is 24.6 Å². The monoisotopic (exact) mass is 251 g/mol. The van der Waals surface area contributed by atoms with Crippen LogP contribution in [-0.4, -0.2) is 45.8 Å². The minimum atomic E-state index is -0.0281. The fraction of sp³-hybridized carbons (Fsp3) is 0.545. The van der Waals surface area contributed by atoms with Gasteiger partial charge in [0, 0.05) is 31.3 Å². The van der Waals surface area contributed by atoms with Gasteiger partial charge in [-0.2, -0.15) is 0 Å². The van der Waals surface area contributed by atoms with Gasteiger partial charge in [0.1, 0.15) is 5.69 Å². The van der Waals surface area contributed by atoms with E-state index in [4.69, 9.17) is 16.0 Å². The van der Waals surface area contributed by atoms with Gasteiger partial charge >= 0.3 is 0 Å². The van der Waals surface area contributed by atoms with Crippen LogP contribution in [0.25, 0.3) is 0 Å². The van der Waals surface area contributed by atoms with E-state index in [0.717, 1.165) is 25.2 Å². The Kier molecular flexibility index (Phi) is 3.61. The molecule has 4 N–H and O–H groups in total. The van der Waals surface area contributed by atoms with Crippen molar-refractivity contribution < 1.29 is 10.3 Å². The minimum Gasteiger partial charge on any atom is -0.409 e. The van der Waals surface area contributed by atoms with Crippen molar-refractivity contribution in [1.29, 1.82) is 0 Å². The first kappa shape index (κ1) is 12.6. The third-order valence-corrected chi connectivity index (χ3v) is 3.04. The summed E-state index contributed by atoms with van der Waals surface area (Å²) in [4.78, 5) is 10.6. The first-order chi connectivity index (χ1) is 8.63. The first-order valence-corrected chi connectivity index (χ1v) is 5.83. The highest BCUT2D eigenvalue weighted by Crippen LogP contribution is 2.20. The second-order valence-corrected chi connectivity index (χ2v) is 4.46. The van der Waals surface area contributed by atoms with Gasteiger partial charge in [-0.3, -0.25) is 0 Å². The summed E-state index contributed by atoms with van der Waals surface area (Å²) >= 11 is 0. The Morgan fingerprint density at radius 1 is 1.61 bits per heavy atom. The van der Waals surface area contributed by atoms with Crippen molar-refractivity contribution in [2.24, 2.45) is 16.8 Å². The molecule has 1 aliphatic rings. The minimum absolute atomic E-state index is 0.0281. The van der Waals surface area contributed by atoms with E-state index in [1.807, 2.05) is 11.8 Å². The molecule has 0 saturated carbocycles. The molecule has 7 heteroatoms. The maximum Gasteiger partial charge on any atom is 0.226 e. The normalized spacial score (nSPS) is 20.4. The van der Waals surface area contributed by atoms with Crippen molar-refractivity contribution in [3.05, 3.63) is 17.5 Å². The standard InChI is InChI=1S/C11H17N5O2/c1-7-4-9(10(12)15-18)14-11(13-7)16-3-2-8(5-16)6-17/h4,8,17-18H,2-3,5-6H2,1H3,(H2,12,15). The zero-order valence-electron chi connectivity index (χ0n) is 10.2. The lowest BCUT2D eigenvalue weighted by Gasteiger charge is -2.17. The zero-order valence-corrected chi connectivity index (χ0v) is 10.2. The molecule has 1 aromatic heterocycles. The summed E-state index contributed by atoms with van der Waals surface area (Å²) in [6, 6.07) is 1.66. The van der Waals surface area contributed by atoms with Crippen molar-refractivity contribution in [3.8, 4) is 0 Å². The van der Waals surface area contributed by atoms with Crippen LogP contribution in [0.4, 0.5) is 5.95 Å². The molecule has 1 fully saturated rings. The van der Waals surface area contributed by atoms with Crippen molar-refractivity contribution >= 4 is 11.8 Å². The van der Waals surface area contributed by atoms with Gasteiger partial charge in [-0.15, -0.1) is 0 Å². The number of aromatic nitrogens is 2. The van der Waals surface area contributed by atoms with Gasteiger partial charge in [0.05, 0.1) is 0 Å². The first-order valence-electron chi connectivity index (χ1n) is 5.83. The number of hydrogen-bond acceptors (Lipinski definition) is 6. The summed E-state index contributed by atoms with van der Waals surface area (Å²) in [7, 11) is 0. The van der Waals surface area contributed by atoms with Gasteiger partial charge < -0.3 is 20.9 Å². The number of oxime groups is 1. The number of hydrogen-bond donors (Lipinski definition) is 3. The number of amidine groups is 1. The number of nitrogens with two attached hydrogens (primary N) is 1. The van der Waals surface area contributed by atoms with Crippen LogP contribution in [0.3, 0.4) is 0 Å². The topological polar surface area (TPSA) is 108 Å². The molecule has 0 amide bonds. The Bertz CT molecular complexity index is 463. The van der Waals surface area contributed by atoms with E-state index >= 15 is 0 Å². The van der Waals surface area contributed by atoms with Gasteiger partial charge in [-0.1, -0.05) is 5.16 Å². The average molecular weight is 251 g/mol. The number of aliphatic hydroxyl groups excluding tert-OH is 1. The third kappa shape index (κ3) is 2.51. The maximum absolute atomic E-state index is 9.13. The van der Waals surface area contributed by atoms with Crippen LogP contribution in [0.2, 0.25) is 0 Å². The van der Waals surface area contributed by atoms with E-state index in [-0.39, 0.29) is 18.4 Å². The molecule has 1 aromatic rings. The molecule has 0 bridgehead atoms. The van der Waals surface area contributed by atoms with E-state index in [9.17, 15) is 0 Å². The molecule has 1 atom stereocenters. The zero-order chi connectivity index (χ0) is 13.1. The predicted octanol–water partition coefficient (Wildman–Crippen LogP) is -0.302. The fourth-order valence-corrected chi connectivity index (χ4v) is 2.04. The third-order valence-electron chi connectivity index (χ3n) is 3.04. The summed E-state index contributed by atoms with van der Waals surface area (Å²) in [5, 5.41) is 20.7. The van der Waals surface area contributed by atoms with Crippen molar-refractivity contribution in [1.82, 2.24) is 9.97 Å². The molecule has 0 aliphatic carbocycles. The Labute approximate surface area is 105 Å². The Morgan fingerprint density at radius 2 is 2.39 bits per heavy atom. The summed E-state index contributed by atoms with van der Waals surface area (Å²) in [5.74, 6) is 0.800. The molecule has 1 saturated heterocycles. The second-order valence-electron chi connectivity index (χ2n) is 4.46. The SMILES string of the molecule is Cc1cc(/C(N)=N/O)nc(N2CCC(CO)C2)n1.